The van der Waals surface area contributed by atoms with Crippen LogP contribution in [0.4, 0.5) is 0 Å². The van der Waals surface area contributed by atoms with Crippen molar-refractivity contribution in [1.82, 2.24) is 9.88 Å². The van der Waals surface area contributed by atoms with Crippen molar-refractivity contribution in [1.29, 1.82) is 0 Å². The first kappa shape index (κ1) is 25.0. The highest BCUT2D eigenvalue weighted by molar-refractivity contribution is 7.90. The van der Waals surface area contributed by atoms with Crippen molar-refractivity contribution < 1.29 is 22.7 Å². The molecule has 2 fully saturated rings. The van der Waals surface area contributed by atoms with Crippen LogP contribution >= 0.6 is 0 Å². The topological polar surface area (TPSA) is 90.3 Å². The second-order valence-corrected chi connectivity index (χ2v) is 11.9. The van der Waals surface area contributed by atoms with Gasteiger partial charge in [-0.2, -0.15) is 0 Å². The molecule has 4 atom stereocenters. The van der Waals surface area contributed by atoms with E-state index in [-0.39, 0.29) is 11.0 Å². The molecular weight excluding hydrogens is 454 g/mol. The molecule has 0 N–H and O–H groups in total. The van der Waals surface area contributed by atoms with Gasteiger partial charge in [-0.3, -0.25) is 0 Å². The van der Waals surface area contributed by atoms with E-state index in [0.29, 0.717) is 24.3 Å². The minimum Gasteiger partial charge on any atom is -0.478 e. The van der Waals surface area contributed by atoms with Gasteiger partial charge in [-0.15, -0.1) is 0 Å². The fraction of sp³-hybridized carbons (Fsp3) is 0.680. The smallest absolute Gasteiger partial charge is 0.221 e. The maximum absolute atomic E-state index is 11.5. The van der Waals surface area contributed by atoms with E-state index < -0.39 is 9.84 Å². The number of piperidine rings is 1. The Morgan fingerprint density at radius 1 is 1.26 bits per heavy atom. The van der Waals surface area contributed by atoms with Crippen molar-refractivity contribution in [3.8, 4) is 5.88 Å². The van der Waals surface area contributed by atoms with E-state index in [4.69, 9.17) is 14.3 Å². The predicted octanol–water partition coefficient (Wildman–Crippen LogP) is 3.89. The molecule has 1 saturated heterocycles. The molecule has 1 aromatic heterocycles. The second kappa shape index (κ2) is 10.6. The lowest BCUT2D eigenvalue weighted by molar-refractivity contribution is 0.0836. The fourth-order valence-corrected chi connectivity index (χ4v) is 5.68. The van der Waals surface area contributed by atoms with Gasteiger partial charge in [0, 0.05) is 44.6 Å². The number of likely N-dealkylation sites (tertiary alicyclic amines) is 1. The molecule has 8 nitrogen and oxygen atoms in total. The van der Waals surface area contributed by atoms with Gasteiger partial charge in [-0.25, -0.2) is 13.4 Å². The standard InChI is InChI=1S/C25H37N3O5S/c1-17-5-8-24(33-27-25(17)18(2)31-3)28-12-9-19(10-13-28)22-15-20(22)11-14-32-23-7-6-21(16-26-23)34(4,29)30/h6-8,16-20,22H,5,9-15H2,1-4H3. The SMILES string of the molecule is COC(C)C1=NOC(N2CCC(C3CC3CCOc3ccc(S(C)(=O)=O)cn3)CC2)=CCC1C. The van der Waals surface area contributed by atoms with Crippen molar-refractivity contribution in [2.24, 2.45) is 28.8 Å². The number of ether oxygens (including phenoxy) is 2. The van der Waals surface area contributed by atoms with Crippen LogP contribution in [0.1, 0.15) is 46.0 Å². The monoisotopic (exact) mass is 491 g/mol. The maximum atomic E-state index is 11.5. The summed E-state index contributed by atoms with van der Waals surface area (Å²) in [7, 11) is -1.53. The van der Waals surface area contributed by atoms with Gasteiger partial charge in [0.1, 0.15) is 0 Å². The highest BCUT2D eigenvalue weighted by Crippen LogP contribution is 2.50. The molecule has 4 unspecified atom stereocenters. The molecule has 2 aliphatic heterocycles. The number of oxime groups is 1. The zero-order valence-electron chi connectivity index (χ0n) is 20.6. The van der Waals surface area contributed by atoms with Crippen LogP contribution in [0.5, 0.6) is 5.88 Å². The summed E-state index contributed by atoms with van der Waals surface area (Å²) in [5, 5.41) is 4.42. The lowest BCUT2D eigenvalue weighted by Crippen LogP contribution is -2.34. The van der Waals surface area contributed by atoms with Crippen LogP contribution in [0.25, 0.3) is 0 Å². The number of allylic oxidation sites excluding steroid dienone is 1. The summed E-state index contributed by atoms with van der Waals surface area (Å²) >= 11 is 0. The molecule has 1 aliphatic carbocycles. The number of pyridine rings is 1. The molecule has 1 saturated carbocycles. The first-order valence-electron chi connectivity index (χ1n) is 12.3. The Bertz CT molecular complexity index is 1000. The van der Waals surface area contributed by atoms with E-state index in [9.17, 15) is 8.42 Å². The number of rotatable bonds is 9. The molecule has 1 aromatic rings. The predicted molar refractivity (Wildman–Crippen MR) is 130 cm³/mol. The lowest BCUT2D eigenvalue weighted by Gasteiger charge is -2.33. The Kier molecular flexibility index (Phi) is 7.82. The molecule has 3 heterocycles. The molecule has 3 aliphatic rings. The van der Waals surface area contributed by atoms with Crippen LogP contribution in [0, 0.1) is 23.7 Å². The van der Waals surface area contributed by atoms with E-state index in [1.807, 2.05) is 6.92 Å². The summed E-state index contributed by atoms with van der Waals surface area (Å²) in [4.78, 5) is 12.5. The molecule has 0 radical (unpaired) electrons. The number of hydrogen-bond acceptors (Lipinski definition) is 8. The first-order valence-corrected chi connectivity index (χ1v) is 14.2. The normalized spacial score (nSPS) is 26.7. The van der Waals surface area contributed by atoms with Crippen molar-refractivity contribution in [2.75, 3.05) is 33.1 Å². The average molecular weight is 492 g/mol. The molecule has 9 heteroatoms. The molecule has 0 spiro atoms. The molecule has 188 valence electrons. The van der Waals surface area contributed by atoms with E-state index in [0.717, 1.165) is 49.4 Å². The third-order valence-electron chi connectivity index (χ3n) is 7.48. The Labute approximate surface area is 203 Å². The summed E-state index contributed by atoms with van der Waals surface area (Å²) in [6.45, 7) is 6.81. The molecule has 4 rings (SSSR count). The van der Waals surface area contributed by atoms with Gasteiger partial charge in [0.25, 0.3) is 0 Å². The van der Waals surface area contributed by atoms with Crippen LogP contribution in [-0.4, -0.2) is 63.2 Å². The minimum atomic E-state index is -3.23. The van der Waals surface area contributed by atoms with Gasteiger partial charge in [0.15, 0.2) is 9.84 Å². The van der Waals surface area contributed by atoms with Crippen LogP contribution in [0.3, 0.4) is 0 Å². The number of methoxy groups -OCH3 is 1. The van der Waals surface area contributed by atoms with Gasteiger partial charge in [0.05, 0.1) is 23.3 Å². The summed E-state index contributed by atoms with van der Waals surface area (Å²) in [6.07, 6.45) is 10.2. The van der Waals surface area contributed by atoms with Gasteiger partial charge in [-0.1, -0.05) is 12.1 Å². The largest absolute Gasteiger partial charge is 0.478 e. The molecular formula is C25H37N3O5S. The van der Waals surface area contributed by atoms with Crippen molar-refractivity contribution >= 4 is 15.5 Å². The summed E-state index contributed by atoms with van der Waals surface area (Å²) in [5.74, 6) is 3.93. The third-order valence-corrected chi connectivity index (χ3v) is 8.57. The molecule has 0 bridgehead atoms. The first-order chi connectivity index (χ1) is 16.3. The Morgan fingerprint density at radius 3 is 2.68 bits per heavy atom. The fourth-order valence-electron chi connectivity index (χ4n) is 5.12. The number of nitrogens with zero attached hydrogens (tertiary/aromatic N) is 3. The Hall–Kier alpha value is -2.13. The molecule has 0 amide bonds. The Morgan fingerprint density at radius 2 is 2.03 bits per heavy atom. The summed E-state index contributed by atoms with van der Waals surface area (Å²) in [6, 6.07) is 3.17. The van der Waals surface area contributed by atoms with Gasteiger partial charge < -0.3 is 19.2 Å². The van der Waals surface area contributed by atoms with Gasteiger partial charge in [0.2, 0.25) is 11.8 Å². The van der Waals surface area contributed by atoms with E-state index >= 15 is 0 Å². The van der Waals surface area contributed by atoms with Crippen molar-refractivity contribution in [3.63, 3.8) is 0 Å². The van der Waals surface area contributed by atoms with Crippen LogP contribution < -0.4 is 4.74 Å². The van der Waals surface area contributed by atoms with Crippen LogP contribution in [-0.2, 0) is 19.4 Å². The van der Waals surface area contributed by atoms with E-state index in [1.54, 1.807) is 19.2 Å². The quantitative estimate of drug-likeness (QED) is 0.518. The number of hydrogen-bond donors (Lipinski definition) is 0. The van der Waals surface area contributed by atoms with Gasteiger partial charge >= 0.3 is 0 Å². The summed E-state index contributed by atoms with van der Waals surface area (Å²) in [5.41, 5.74) is 0.966. The lowest BCUT2D eigenvalue weighted by atomic mass is 9.90. The van der Waals surface area contributed by atoms with Crippen molar-refractivity contribution in [3.05, 3.63) is 30.3 Å². The molecule has 0 aromatic carbocycles. The number of sulfone groups is 1. The second-order valence-electron chi connectivity index (χ2n) is 9.89. The highest BCUT2D eigenvalue weighted by Gasteiger charge is 2.43. The van der Waals surface area contributed by atoms with E-state index in [2.05, 4.69) is 28.0 Å². The molecule has 34 heavy (non-hydrogen) atoms. The zero-order valence-corrected chi connectivity index (χ0v) is 21.5. The van der Waals surface area contributed by atoms with Gasteiger partial charge in [-0.05, 0) is 68.9 Å². The Balaban J connectivity index is 1.18. The highest BCUT2D eigenvalue weighted by atomic mass is 32.2. The van der Waals surface area contributed by atoms with E-state index in [1.165, 1.54) is 31.7 Å². The zero-order chi connectivity index (χ0) is 24.3. The van der Waals surface area contributed by atoms with Crippen molar-refractivity contribution in [2.45, 2.75) is 57.0 Å². The average Bonchev–Trinajstić information content (AvgIpc) is 3.62. The minimum absolute atomic E-state index is 0.0353. The van der Waals surface area contributed by atoms with Crippen LogP contribution in [0.2, 0.25) is 0 Å². The summed E-state index contributed by atoms with van der Waals surface area (Å²) < 4.78 is 34.2. The van der Waals surface area contributed by atoms with Crippen LogP contribution in [0.15, 0.2) is 40.3 Å². The third kappa shape index (κ3) is 6.10. The maximum Gasteiger partial charge on any atom is 0.221 e. The number of aromatic nitrogens is 1.